The lowest BCUT2D eigenvalue weighted by Gasteiger charge is -2.31. The van der Waals surface area contributed by atoms with E-state index in [1.54, 1.807) is 18.2 Å². The number of methoxy groups -OCH3 is 1. The molecule has 2 aromatic carbocycles. The highest BCUT2D eigenvalue weighted by Gasteiger charge is 2.60. The van der Waals surface area contributed by atoms with E-state index in [2.05, 4.69) is 15.0 Å². The number of aromatic nitrogens is 2. The van der Waals surface area contributed by atoms with Crippen LogP contribution in [0.5, 0.6) is 5.75 Å². The number of fused-ring (bicyclic) bond motifs is 1. The van der Waals surface area contributed by atoms with Gasteiger partial charge < -0.3 is 9.84 Å². The van der Waals surface area contributed by atoms with Gasteiger partial charge in [0.2, 0.25) is 0 Å². The first-order chi connectivity index (χ1) is 15.9. The van der Waals surface area contributed by atoms with Crippen LogP contribution in [0.25, 0.3) is 10.9 Å². The van der Waals surface area contributed by atoms with Gasteiger partial charge in [0.15, 0.2) is 17.2 Å². The molecular weight excluding hydrogens is 481 g/mol. The summed E-state index contributed by atoms with van der Waals surface area (Å²) in [4.78, 5) is 11.4. The number of hydrogen-bond donors (Lipinski definition) is 1. The number of para-hydroxylation sites is 1. The summed E-state index contributed by atoms with van der Waals surface area (Å²) in [5.74, 6) is -2.22. The summed E-state index contributed by atoms with van der Waals surface area (Å²) in [6.07, 6.45) is -3.70. The molecule has 0 aliphatic heterocycles. The Labute approximate surface area is 196 Å². The lowest BCUT2D eigenvalue weighted by atomic mass is 9.82. The van der Waals surface area contributed by atoms with Crippen molar-refractivity contribution in [2.45, 2.75) is 43.4 Å². The summed E-state index contributed by atoms with van der Waals surface area (Å²) in [7, 11) is 1.36. The average Bonchev–Trinajstić information content (AvgIpc) is 3.54. The molecule has 1 N–H and O–H groups in total. The first-order valence-electron chi connectivity index (χ1n) is 10.2. The number of benzene rings is 2. The number of alkyl halides is 3. The number of ether oxygens (including phenoxy) is 1. The predicted molar refractivity (Wildman–Crippen MR) is 117 cm³/mol. The lowest BCUT2D eigenvalue weighted by molar-refractivity contribution is -0.233. The van der Waals surface area contributed by atoms with Crippen molar-refractivity contribution in [1.82, 2.24) is 9.97 Å². The number of halogens is 6. The van der Waals surface area contributed by atoms with Crippen LogP contribution < -0.4 is 4.74 Å². The van der Waals surface area contributed by atoms with E-state index < -0.39 is 40.8 Å². The molecule has 1 saturated carbocycles. The Hall–Kier alpha value is -2.85. The highest BCUT2D eigenvalue weighted by Crippen LogP contribution is 2.58. The Bertz CT molecular complexity index is 1290. The highest BCUT2D eigenvalue weighted by molar-refractivity contribution is 6.32. The van der Waals surface area contributed by atoms with Crippen molar-refractivity contribution in [3.05, 3.63) is 58.5 Å². The molecule has 180 valence electrons. The third-order valence-electron chi connectivity index (χ3n) is 5.98. The van der Waals surface area contributed by atoms with E-state index in [0.29, 0.717) is 30.7 Å². The van der Waals surface area contributed by atoms with Crippen molar-refractivity contribution >= 4 is 34.4 Å². The number of rotatable bonds is 6. The minimum atomic E-state index is -5.11. The fraction of sp³-hybridized carbons (Fsp3) is 0.348. The molecule has 1 aliphatic carbocycles. The lowest BCUT2D eigenvalue weighted by Crippen LogP contribution is -2.49. The summed E-state index contributed by atoms with van der Waals surface area (Å²) in [6.45, 7) is 1.45. The van der Waals surface area contributed by atoms with E-state index in [0.717, 1.165) is 6.20 Å². The zero-order valence-electron chi connectivity index (χ0n) is 18.1. The standard InChI is InChI=1S/C23H19ClF5N3O2/c1-12-30-9-13-17(8-16(25)18(26)19(13)32-12)31-11-22(33,23(27,28)29)10-21(6-7-21)14-4-3-5-15(24)20(14)34-2/h3-5,8-9,11,33H,6-7,10H2,1-2H3. The second kappa shape index (κ2) is 8.42. The predicted octanol–water partition coefficient (Wildman–Crippen LogP) is 6.00. The summed E-state index contributed by atoms with van der Waals surface area (Å²) < 4.78 is 75.9. The molecule has 5 nitrogen and oxygen atoms in total. The average molecular weight is 500 g/mol. The van der Waals surface area contributed by atoms with Crippen molar-refractivity contribution in [2.75, 3.05) is 7.11 Å². The van der Waals surface area contributed by atoms with Crippen LogP contribution in [0, 0.1) is 18.6 Å². The van der Waals surface area contributed by atoms with Gasteiger partial charge in [-0.25, -0.2) is 18.7 Å². The molecule has 1 fully saturated rings. The van der Waals surface area contributed by atoms with Crippen LogP contribution in [-0.2, 0) is 5.41 Å². The maximum Gasteiger partial charge on any atom is 0.422 e. The van der Waals surface area contributed by atoms with Crippen molar-refractivity contribution in [3.8, 4) is 5.75 Å². The number of aliphatic imine (C=N–C) groups is 1. The van der Waals surface area contributed by atoms with Crippen molar-refractivity contribution < 1.29 is 31.8 Å². The van der Waals surface area contributed by atoms with Crippen LogP contribution in [0.15, 0.2) is 35.5 Å². The molecule has 1 atom stereocenters. The minimum Gasteiger partial charge on any atom is -0.495 e. The molecule has 0 amide bonds. The maximum atomic E-state index is 14.2. The van der Waals surface area contributed by atoms with Gasteiger partial charge in [0.1, 0.15) is 17.1 Å². The van der Waals surface area contributed by atoms with Gasteiger partial charge in [0.25, 0.3) is 0 Å². The van der Waals surface area contributed by atoms with Gasteiger partial charge in [0.05, 0.1) is 17.8 Å². The van der Waals surface area contributed by atoms with E-state index >= 15 is 0 Å². The largest absolute Gasteiger partial charge is 0.495 e. The number of nitrogens with zero attached hydrogens (tertiary/aromatic N) is 3. The zero-order valence-corrected chi connectivity index (χ0v) is 18.8. The van der Waals surface area contributed by atoms with Gasteiger partial charge in [-0.1, -0.05) is 23.7 Å². The third kappa shape index (κ3) is 4.20. The fourth-order valence-electron chi connectivity index (χ4n) is 4.04. The van der Waals surface area contributed by atoms with Crippen LogP contribution in [0.1, 0.15) is 30.7 Å². The Balaban J connectivity index is 1.77. The van der Waals surface area contributed by atoms with E-state index in [4.69, 9.17) is 16.3 Å². The molecule has 1 aliphatic rings. The van der Waals surface area contributed by atoms with E-state index in [-0.39, 0.29) is 27.7 Å². The van der Waals surface area contributed by atoms with Crippen LogP contribution in [0.2, 0.25) is 5.02 Å². The molecule has 3 aromatic rings. The maximum absolute atomic E-state index is 14.2. The number of aliphatic hydroxyl groups is 1. The molecular formula is C23H19ClF5N3O2. The first-order valence-corrected chi connectivity index (χ1v) is 10.6. The molecule has 1 aromatic heterocycles. The molecule has 0 saturated heterocycles. The quantitative estimate of drug-likeness (QED) is 0.334. The van der Waals surface area contributed by atoms with Gasteiger partial charge in [-0.3, -0.25) is 4.99 Å². The van der Waals surface area contributed by atoms with Crippen molar-refractivity contribution in [3.63, 3.8) is 0 Å². The number of hydrogen-bond acceptors (Lipinski definition) is 5. The smallest absolute Gasteiger partial charge is 0.422 e. The van der Waals surface area contributed by atoms with E-state index in [9.17, 15) is 27.1 Å². The summed E-state index contributed by atoms with van der Waals surface area (Å²) >= 11 is 6.15. The second-order valence-electron chi connectivity index (χ2n) is 8.33. The van der Waals surface area contributed by atoms with Gasteiger partial charge in [-0.15, -0.1) is 0 Å². The summed E-state index contributed by atoms with van der Waals surface area (Å²) in [5.41, 5.74) is -4.75. The number of aryl methyl sites for hydroxylation is 1. The summed E-state index contributed by atoms with van der Waals surface area (Å²) in [6, 6.07) is 5.39. The topological polar surface area (TPSA) is 67.6 Å². The molecule has 1 unspecified atom stereocenters. The zero-order chi connectivity index (χ0) is 24.9. The third-order valence-corrected chi connectivity index (χ3v) is 6.28. The Kier molecular flexibility index (Phi) is 6.02. The molecule has 4 rings (SSSR count). The molecule has 0 radical (unpaired) electrons. The van der Waals surface area contributed by atoms with Crippen LogP contribution >= 0.6 is 11.6 Å². The molecule has 0 bridgehead atoms. The SMILES string of the molecule is COc1c(Cl)cccc1C1(CC(O)(C=Nc2cc(F)c(F)c3nc(C)ncc23)C(F)(F)F)CC1. The van der Waals surface area contributed by atoms with E-state index in [1.165, 1.54) is 14.0 Å². The monoisotopic (exact) mass is 499 g/mol. The highest BCUT2D eigenvalue weighted by atomic mass is 35.5. The van der Waals surface area contributed by atoms with Gasteiger partial charge in [-0.05, 0) is 25.8 Å². The minimum absolute atomic E-state index is 0.0945. The van der Waals surface area contributed by atoms with Gasteiger partial charge in [-0.2, -0.15) is 13.2 Å². The van der Waals surface area contributed by atoms with Gasteiger partial charge >= 0.3 is 6.18 Å². The fourth-order valence-corrected chi connectivity index (χ4v) is 4.29. The Morgan fingerprint density at radius 2 is 1.97 bits per heavy atom. The first kappa shape index (κ1) is 24.3. The normalized spacial score (nSPS) is 17.2. The van der Waals surface area contributed by atoms with Crippen molar-refractivity contribution in [1.29, 1.82) is 0 Å². The molecule has 11 heteroatoms. The Morgan fingerprint density at radius 3 is 2.59 bits per heavy atom. The molecule has 34 heavy (non-hydrogen) atoms. The van der Waals surface area contributed by atoms with Gasteiger partial charge in [0, 0.05) is 41.3 Å². The molecule has 0 spiro atoms. The Morgan fingerprint density at radius 1 is 1.26 bits per heavy atom. The van der Waals surface area contributed by atoms with Crippen molar-refractivity contribution in [2.24, 2.45) is 4.99 Å². The summed E-state index contributed by atoms with van der Waals surface area (Å²) in [5, 5.41) is 10.9. The molecule has 1 heterocycles. The van der Waals surface area contributed by atoms with E-state index in [1.807, 2.05) is 0 Å². The van der Waals surface area contributed by atoms with Crippen LogP contribution in [0.4, 0.5) is 27.6 Å². The second-order valence-corrected chi connectivity index (χ2v) is 8.74. The van der Waals surface area contributed by atoms with Crippen LogP contribution in [-0.4, -0.2) is 40.2 Å². The van der Waals surface area contributed by atoms with Crippen LogP contribution in [0.3, 0.4) is 0 Å².